The molecule has 0 spiro atoms. The van der Waals surface area contributed by atoms with Crippen molar-refractivity contribution in [3.05, 3.63) is 56.6 Å². The van der Waals surface area contributed by atoms with Crippen LogP contribution in [0.5, 0.6) is 0 Å². The Morgan fingerprint density at radius 3 is 2.27 bits per heavy atom. The number of benzene rings is 2. The van der Waals surface area contributed by atoms with Gasteiger partial charge in [0.25, 0.3) is 15.7 Å². The predicted molar refractivity (Wildman–Crippen MR) is 110 cm³/mol. The van der Waals surface area contributed by atoms with Crippen LogP contribution in [-0.4, -0.2) is 52.4 Å². The maximum Gasteiger partial charge on any atom is 0.289 e. The summed E-state index contributed by atoms with van der Waals surface area (Å²) in [5.74, 6) is 0. The van der Waals surface area contributed by atoms with Crippen LogP contribution in [0.2, 0.25) is 10.0 Å². The number of rotatable bonds is 6. The molecule has 0 unspecified atom stereocenters. The lowest BCUT2D eigenvalue weighted by molar-refractivity contribution is -0.384. The van der Waals surface area contributed by atoms with Gasteiger partial charge in [0.2, 0.25) is 10.0 Å². The minimum absolute atomic E-state index is 0.0772. The van der Waals surface area contributed by atoms with E-state index in [4.69, 9.17) is 27.9 Å². The Labute approximate surface area is 182 Å². The Morgan fingerprint density at radius 1 is 1.00 bits per heavy atom. The van der Waals surface area contributed by atoms with Crippen molar-refractivity contribution < 1.29 is 26.5 Å². The molecule has 1 aliphatic heterocycles. The van der Waals surface area contributed by atoms with Gasteiger partial charge >= 0.3 is 0 Å². The van der Waals surface area contributed by atoms with Gasteiger partial charge in [-0.15, -0.1) is 0 Å². The molecule has 10 nitrogen and oxygen atoms in total. The number of morpholine rings is 1. The van der Waals surface area contributed by atoms with E-state index in [2.05, 4.69) is 4.72 Å². The fourth-order valence-electron chi connectivity index (χ4n) is 2.70. The van der Waals surface area contributed by atoms with Crippen molar-refractivity contribution in [3.8, 4) is 0 Å². The van der Waals surface area contributed by atoms with Crippen LogP contribution >= 0.6 is 23.2 Å². The third-order valence-corrected chi connectivity index (χ3v) is 8.27. The SMILES string of the molecule is O=[N+]([O-])c1cc(S(=O)(=O)Nc2ccc(Cl)c(S(=O)(=O)N3CCOCC3)c2)ccc1Cl. The van der Waals surface area contributed by atoms with Crippen molar-refractivity contribution in [2.45, 2.75) is 9.79 Å². The molecule has 0 amide bonds. The maximum absolute atomic E-state index is 12.9. The first-order valence-electron chi connectivity index (χ1n) is 8.36. The summed E-state index contributed by atoms with van der Waals surface area (Å²) in [5, 5.41) is 10.7. The van der Waals surface area contributed by atoms with E-state index in [1.165, 1.54) is 16.4 Å². The van der Waals surface area contributed by atoms with E-state index in [0.29, 0.717) is 0 Å². The second kappa shape index (κ2) is 8.65. The van der Waals surface area contributed by atoms with E-state index in [-0.39, 0.29) is 46.9 Å². The van der Waals surface area contributed by atoms with E-state index in [1.54, 1.807) is 0 Å². The van der Waals surface area contributed by atoms with Crippen molar-refractivity contribution >= 4 is 54.6 Å². The average molecular weight is 496 g/mol. The Kier molecular flexibility index (Phi) is 6.55. The van der Waals surface area contributed by atoms with E-state index in [0.717, 1.165) is 24.3 Å². The van der Waals surface area contributed by atoms with Crippen LogP contribution in [0, 0.1) is 10.1 Å². The Hall–Kier alpha value is -1.96. The zero-order valence-electron chi connectivity index (χ0n) is 15.1. The highest BCUT2D eigenvalue weighted by atomic mass is 35.5. The molecule has 162 valence electrons. The normalized spacial score (nSPS) is 15.7. The predicted octanol–water partition coefficient (Wildman–Crippen LogP) is 2.72. The molecule has 0 aromatic heterocycles. The first-order valence-corrected chi connectivity index (χ1v) is 12.0. The molecular formula is C16H15Cl2N3O7S2. The summed E-state index contributed by atoms with van der Waals surface area (Å²) in [6.07, 6.45) is 0. The van der Waals surface area contributed by atoms with Gasteiger partial charge in [-0.1, -0.05) is 23.2 Å². The zero-order chi connectivity index (χ0) is 22.1. The molecule has 0 bridgehead atoms. The molecule has 3 rings (SSSR count). The number of nitrogens with zero attached hydrogens (tertiary/aromatic N) is 2. The molecule has 1 N–H and O–H groups in total. The summed E-state index contributed by atoms with van der Waals surface area (Å²) in [7, 11) is -8.25. The van der Waals surface area contributed by atoms with Gasteiger partial charge in [0.15, 0.2) is 0 Å². The smallest absolute Gasteiger partial charge is 0.289 e. The number of hydrogen-bond donors (Lipinski definition) is 1. The molecule has 1 saturated heterocycles. The number of ether oxygens (including phenoxy) is 1. The third kappa shape index (κ3) is 4.68. The average Bonchev–Trinajstić information content (AvgIpc) is 2.69. The van der Waals surface area contributed by atoms with Gasteiger partial charge < -0.3 is 4.74 Å². The molecule has 30 heavy (non-hydrogen) atoms. The van der Waals surface area contributed by atoms with Gasteiger partial charge in [0.1, 0.15) is 9.92 Å². The van der Waals surface area contributed by atoms with Gasteiger partial charge in [-0.2, -0.15) is 4.31 Å². The minimum atomic E-state index is -4.27. The Morgan fingerprint density at radius 2 is 1.63 bits per heavy atom. The van der Waals surface area contributed by atoms with Gasteiger partial charge in [-0.05, 0) is 30.3 Å². The highest BCUT2D eigenvalue weighted by Gasteiger charge is 2.29. The first kappa shape index (κ1) is 22.7. The fraction of sp³-hybridized carbons (Fsp3) is 0.250. The maximum atomic E-state index is 12.9. The van der Waals surface area contributed by atoms with Gasteiger partial charge in [0.05, 0.1) is 33.7 Å². The monoisotopic (exact) mass is 495 g/mol. The summed E-state index contributed by atoms with van der Waals surface area (Å²) < 4.78 is 59.6. The molecule has 1 aliphatic rings. The molecule has 2 aromatic rings. The second-order valence-corrected chi connectivity index (χ2v) is 10.5. The number of nitrogens with one attached hydrogen (secondary N) is 1. The molecule has 0 aliphatic carbocycles. The quantitative estimate of drug-likeness (QED) is 0.480. The van der Waals surface area contributed by atoms with Crippen LogP contribution < -0.4 is 4.72 Å². The summed E-state index contributed by atoms with van der Waals surface area (Å²) in [6, 6.07) is 6.62. The lowest BCUT2D eigenvalue weighted by Crippen LogP contribution is -2.40. The zero-order valence-corrected chi connectivity index (χ0v) is 18.3. The van der Waals surface area contributed by atoms with Crippen LogP contribution in [0.25, 0.3) is 0 Å². The second-order valence-electron chi connectivity index (χ2n) is 6.14. The van der Waals surface area contributed by atoms with Gasteiger partial charge in [-0.25, -0.2) is 16.8 Å². The van der Waals surface area contributed by atoms with Crippen molar-refractivity contribution in [3.63, 3.8) is 0 Å². The molecule has 0 saturated carbocycles. The number of sulfonamides is 2. The van der Waals surface area contributed by atoms with E-state index in [1.807, 2.05) is 0 Å². The van der Waals surface area contributed by atoms with E-state index >= 15 is 0 Å². The standard InChI is InChI=1S/C16H15Cl2N3O7S2/c17-13-4-2-12(10-15(13)21(22)23)29(24,25)19-11-1-3-14(18)16(9-11)30(26,27)20-5-7-28-8-6-20/h1-4,9-10,19H,5-8H2. The van der Waals surface area contributed by atoms with E-state index < -0.39 is 35.6 Å². The molecule has 0 atom stereocenters. The number of hydrogen-bond acceptors (Lipinski definition) is 7. The number of halogens is 2. The van der Waals surface area contributed by atoms with E-state index in [9.17, 15) is 26.9 Å². The molecule has 0 radical (unpaired) electrons. The minimum Gasteiger partial charge on any atom is -0.379 e. The summed E-state index contributed by atoms with van der Waals surface area (Å²) in [4.78, 5) is 9.52. The Bertz CT molecular complexity index is 1200. The highest BCUT2D eigenvalue weighted by Crippen LogP contribution is 2.31. The largest absolute Gasteiger partial charge is 0.379 e. The number of nitro benzene ring substituents is 1. The molecule has 14 heteroatoms. The van der Waals surface area contributed by atoms with Crippen molar-refractivity contribution in [1.29, 1.82) is 0 Å². The Balaban J connectivity index is 1.95. The van der Waals surface area contributed by atoms with Gasteiger partial charge in [-0.3, -0.25) is 14.8 Å². The van der Waals surface area contributed by atoms with Crippen LogP contribution in [0.1, 0.15) is 0 Å². The summed E-state index contributed by atoms with van der Waals surface area (Å²) in [5.41, 5.74) is -0.657. The highest BCUT2D eigenvalue weighted by molar-refractivity contribution is 7.92. The fourth-order valence-corrected chi connectivity index (χ4v) is 5.87. The lowest BCUT2D eigenvalue weighted by Gasteiger charge is -2.26. The summed E-state index contributed by atoms with van der Waals surface area (Å²) in [6.45, 7) is 0.753. The lowest BCUT2D eigenvalue weighted by atomic mass is 10.3. The topological polar surface area (TPSA) is 136 Å². The molecular weight excluding hydrogens is 481 g/mol. The van der Waals surface area contributed by atoms with Crippen LogP contribution in [0.4, 0.5) is 11.4 Å². The third-order valence-electron chi connectivity index (χ3n) is 4.20. The van der Waals surface area contributed by atoms with Gasteiger partial charge in [0, 0.05) is 19.2 Å². The van der Waals surface area contributed by atoms with Crippen molar-refractivity contribution in [2.75, 3.05) is 31.0 Å². The summed E-state index contributed by atoms with van der Waals surface area (Å²) >= 11 is 11.8. The molecule has 2 aromatic carbocycles. The van der Waals surface area contributed by atoms with Crippen LogP contribution in [0.3, 0.4) is 0 Å². The van der Waals surface area contributed by atoms with Crippen LogP contribution in [0.15, 0.2) is 46.2 Å². The number of anilines is 1. The first-order chi connectivity index (χ1) is 14.0. The van der Waals surface area contributed by atoms with Crippen molar-refractivity contribution in [2.24, 2.45) is 0 Å². The molecule has 1 fully saturated rings. The number of nitro groups is 1. The van der Waals surface area contributed by atoms with Crippen LogP contribution in [-0.2, 0) is 24.8 Å². The van der Waals surface area contributed by atoms with Crippen molar-refractivity contribution in [1.82, 2.24) is 4.31 Å². The molecule has 1 heterocycles.